The van der Waals surface area contributed by atoms with Crippen molar-refractivity contribution < 1.29 is 0 Å². The van der Waals surface area contributed by atoms with Gasteiger partial charge in [0.05, 0.1) is 5.71 Å². The molecule has 0 unspecified atom stereocenters. The molecule has 0 amide bonds. The molecule has 0 radical (unpaired) electrons. The topological polar surface area (TPSA) is 18.8 Å². The van der Waals surface area contributed by atoms with Gasteiger partial charge in [0, 0.05) is 42.6 Å². The Hall–Kier alpha value is -1.36. The van der Waals surface area contributed by atoms with Gasteiger partial charge in [0.15, 0.2) is 0 Å². The fourth-order valence-electron chi connectivity index (χ4n) is 2.61. The molecule has 0 bridgehead atoms. The molecule has 1 fully saturated rings. The molecule has 0 N–H and O–H groups in total. The van der Waals surface area contributed by atoms with Gasteiger partial charge in [-0.3, -0.25) is 9.91 Å². The van der Waals surface area contributed by atoms with Crippen LogP contribution in [0.15, 0.2) is 46.9 Å². The zero-order chi connectivity index (χ0) is 15.4. The van der Waals surface area contributed by atoms with Crippen molar-refractivity contribution in [2.45, 2.75) is 13.5 Å². The van der Waals surface area contributed by atoms with Crippen LogP contribution in [0.5, 0.6) is 0 Å². The molecular formula is C17H20ClN3S. The van der Waals surface area contributed by atoms with Gasteiger partial charge >= 0.3 is 0 Å². The maximum atomic E-state index is 6.24. The molecule has 1 aliphatic rings. The standard InChI is InChI=1S/C17H20ClN3S/c1-14(17-7-4-12-22-17)19-21-10-8-20(9-11-21)13-15-5-2-3-6-16(15)18/h2-7,12H,8-11,13H2,1H3. The van der Waals surface area contributed by atoms with Crippen molar-refractivity contribution in [3.05, 3.63) is 57.2 Å². The van der Waals surface area contributed by atoms with Gasteiger partial charge in [-0.05, 0) is 30.0 Å². The monoisotopic (exact) mass is 333 g/mol. The van der Waals surface area contributed by atoms with Crippen molar-refractivity contribution in [3.63, 3.8) is 0 Å². The van der Waals surface area contributed by atoms with Crippen LogP contribution in [0, 0.1) is 0 Å². The van der Waals surface area contributed by atoms with Gasteiger partial charge in [-0.25, -0.2) is 0 Å². The Morgan fingerprint density at radius 2 is 1.91 bits per heavy atom. The van der Waals surface area contributed by atoms with Crippen molar-refractivity contribution in [3.8, 4) is 0 Å². The van der Waals surface area contributed by atoms with Crippen molar-refractivity contribution in [2.24, 2.45) is 5.10 Å². The molecule has 1 aliphatic heterocycles. The van der Waals surface area contributed by atoms with E-state index in [4.69, 9.17) is 16.7 Å². The summed E-state index contributed by atoms with van der Waals surface area (Å²) >= 11 is 7.98. The van der Waals surface area contributed by atoms with E-state index in [-0.39, 0.29) is 0 Å². The lowest BCUT2D eigenvalue weighted by Gasteiger charge is -2.33. The molecule has 1 aromatic heterocycles. The molecule has 0 atom stereocenters. The number of piperazine rings is 1. The van der Waals surface area contributed by atoms with Crippen LogP contribution in [-0.4, -0.2) is 41.8 Å². The molecule has 116 valence electrons. The minimum Gasteiger partial charge on any atom is -0.295 e. The van der Waals surface area contributed by atoms with Gasteiger partial charge in [0.1, 0.15) is 0 Å². The van der Waals surface area contributed by atoms with Crippen LogP contribution in [0.2, 0.25) is 5.02 Å². The largest absolute Gasteiger partial charge is 0.295 e. The first-order valence-corrected chi connectivity index (χ1v) is 8.78. The maximum absolute atomic E-state index is 6.24. The second kappa shape index (κ2) is 7.27. The van der Waals surface area contributed by atoms with E-state index in [0.29, 0.717) is 0 Å². The summed E-state index contributed by atoms with van der Waals surface area (Å²) in [5, 5.41) is 9.87. The van der Waals surface area contributed by atoms with Crippen LogP contribution < -0.4 is 0 Å². The molecule has 2 aromatic rings. The SMILES string of the molecule is CC(=NN1CCN(Cc2ccccc2Cl)CC1)c1cccs1. The Morgan fingerprint density at radius 1 is 1.14 bits per heavy atom. The van der Waals surface area contributed by atoms with Crippen molar-refractivity contribution in [1.29, 1.82) is 0 Å². The van der Waals surface area contributed by atoms with E-state index in [2.05, 4.69) is 40.4 Å². The minimum atomic E-state index is 0.858. The summed E-state index contributed by atoms with van der Waals surface area (Å²) in [6, 6.07) is 12.3. The zero-order valence-electron chi connectivity index (χ0n) is 12.7. The quantitative estimate of drug-likeness (QED) is 0.789. The number of hydrogen-bond acceptors (Lipinski definition) is 4. The number of benzene rings is 1. The average molecular weight is 334 g/mol. The first kappa shape index (κ1) is 15.5. The van der Waals surface area contributed by atoms with Crippen LogP contribution in [0.25, 0.3) is 0 Å². The summed E-state index contributed by atoms with van der Waals surface area (Å²) in [7, 11) is 0. The summed E-state index contributed by atoms with van der Waals surface area (Å²) in [6.07, 6.45) is 0. The molecular weight excluding hydrogens is 314 g/mol. The van der Waals surface area contributed by atoms with E-state index in [1.807, 2.05) is 18.2 Å². The van der Waals surface area contributed by atoms with E-state index in [1.165, 1.54) is 10.4 Å². The van der Waals surface area contributed by atoms with Crippen LogP contribution >= 0.6 is 22.9 Å². The van der Waals surface area contributed by atoms with Gasteiger partial charge in [-0.1, -0.05) is 35.9 Å². The Balaban J connectivity index is 1.54. The predicted molar refractivity (Wildman–Crippen MR) is 94.8 cm³/mol. The van der Waals surface area contributed by atoms with Gasteiger partial charge in [0.2, 0.25) is 0 Å². The van der Waals surface area contributed by atoms with Crippen LogP contribution in [-0.2, 0) is 6.54 Å². The van der Waals surface area contributed by atoms with E-state index in [9.17, 15) is 0 Å². The minimum absolute atomic E-state index is 0.858. The third-order valence-electron chi connectivity index (χ3n) is 3.87. The lowest BCUT2D eigenvalue weighted by atomic mass is 10.2. The smallest absolute Gasteiger partial charge is 0.0746 e. The highest BCUT2D eigenvalue weighted by molar-refractivity contribution is 7.12. The average Bonchev–Trinajstić information content (AvgIpc) is 3.06. The zero-order valence-corrected chi connectivity index (χ0v) is 14.3. The summed E-state index contributed by atoms with van der Waals surface area (Å²) < 4.78 is 0. The summed E-state index contributed by atoms with van der Waals surface area (Å²) in [6.45, 7) is 6.97. The van der Waals surface area contributed by atoms with Gasteiger partial charge in [0.25, 0.3) is 0 Å². The molecule has 0 saturated carbocycles. The highest BCUT2D eigenvalue weighted by Crippen LogP contribution is 2.18. The Bertz CT molecular complexity index is 631. The lowest BCUT2D eigenvalue weighted by Crippen LogP contribution is -2.43. The van der Waals surface area contributed by atoms with E-state index in [0.717, 1.165) is 43.5 Å². The summed E-state index contributed by atoms with van der Waals surface area (Å²) in [5.74, 6) is 0. The lowest BCUT2D eigenvalue weighted by molar-refractivity contribution is 0.130. The van der Waals surface area contributed by atoms with E-state index < -0.39 is 0 Å². The molecule has 3 nitrogen and oxygen atoms in total. The maximum Gasteiger partial charge on any atom is 0.0746 e. The molecule has 1 saturated heterocycles. The second-order valence-corrected chi connectivity index (χ2v) is 6.84. The number of rotatable bonds is 4. The molecule has 1 aromatic carbocycles. The van der Waals surface area contributed by atoms with E-state index >= 15 is 0 Å². The molecule has 0 aliphatic carbocycles. The van der Waals surface area contributed by atoms with E-state index in [1.54, 1.807) is 11.3 Å². The number of thiophene rings is 1. The first-order chi connectivity index (χ1) is 10.7. The summed E-state index contributed by atoms with van der Waals surface area (Å²) in [4.78, 5) is 3.69. The van der Waals surface area contributed by atoms with Crippen molar-refractivity contribution in [1.82, 2.24) is 9.91 Å². The molecule has 22 heavy (non-hydrogen) atoms. The van der Waals surface area contributed by atoms with Crippen LogP contribution in [0.4, 0.5) is 0 Å². The van der Waals surface area contributed by atoms with Crippen molar-refractivity contribution in [2.75, 3.05) is 26.2 Å². The molecule has 2 heterocycles. The number of halogens is 1. The predicted octanol–water partition coefficient (Wildman–Crippen LogP) is 3.94. The number of hydrazone groups is 1. The molecule has 3 rings (SSSR count). The van der Waals surface area contributed by atoms with Crippen LogP contribution in [0.3, 0.4) is 0 Å². The first-order valence-electron chi connectivity index (χ1n) is 7.52. The molecule has 0 spiro atoms. The van der Waals surface area contributed by atoms with Crippen molar-refractivity contribution >= 4 is 28.6 Å². The Morgan fingerprint density at radius 3 is 2.59 bits per heavy atom. The van der Waals surface area contributed by atoms with Gasteiger partial charge in [-0.15, -0.1) is 11.3 Å². The third kappa shape index (κ3) is 3.88. The third-order valence-corrected chi connectivity index (χ3v) is 5.22. The van der Waals surface area contributed by atoms with Gasteiger partial charge < -0.3 is 0 Å². The second-order valence-electron chi connectivity index (χ2n) is 5.48. The normalized spacial score (nSPS) is 17.0. The van der Waals surface area contributed by atoms with Gasteiger partial charge in [-0.2, -0.15) is 5.10 Å². The Kier molecular flexibility index (Phi) is 5.13. The Labute approximate surface area is 140 Å². The highest BCUT2D eigenvalue weighted by atomic mass is 35.5. The fourth-order valence-corrected chi connectivity index (χ4v) is 3.48. The number of hydrogen-bond donors (Lipinski definition) is 0. The highest BCUT2D eigenvalue weighted by Gasteiger charge is 2.17. The fraction of sp³-hybridized carbons (Fsp3) is 0.353. The summed E-state index contributed by atoms with van der Waals surface area (Å²) in [5.41, 5.74) is 2.31. The molecule has 5 heteroatoms. The number of nitrogens with zero attached hydrogens (tertiary/aromatic N) is 3. The van der Waals surface area contributed by atoms with Crippen LogP contribution in [0.1, 0.15) is 17.4 Å².